The summed E-state index contributed by atoms with van der Waals surface area (Å²) in [6.45, 7) is 15.2. The number of allylic oxidation sites excluding steroid dienone is 2. The van der Waals surface area contributed by atoms with Gasteiger partial charge in [0.1, 0.15) is 0 Å². The summed E-state index contributed by atoms with van der Waals surface area (Å²) in [6, 6.07) is 0. The minimum Gasteiger partial charge on any atom is -0.352 e. The van der Waals surface area contributed by atoms with Gasteiger partial charge in [0.25, 0.3) is 0 Å². The molecule has 0 unspecified atom stereocenters. The molecule has 0 radical (unpaired) electrons. The number of rotatable bonds is 3. The standard InChI is InChI=1S/C8H13N.C2H4/c1-5-8(6-2)9(4)7-3;1-2/h5-7H,1,3H2,2,4H3;1-2H2/b8-6-;. The van der Waals surface area contributed by atoms with Crippen LogP contribution in [-0.2, 0) is 0 Å². The van der Waals surface area contributed by atoms with Crippen LogP contribution in [0.1, 0.15) is 6.92 Å². The summed E-state index contributed by atoms with van der Waals surface area (Å²) in [5.74, 6) is 0. The molecule has 0 aliphatic heterocycles. The van der Waals surface area contributed by atoms with Crippen LogP contribution in [0.25, 0.3) is 0 Å². The summed E-state index contributed by atoms with van der Waals surface area (Å²) in [5.41, 5.74) is 1.07. The highest BCUT2D eigenvalue weighted by molar-refractivity contribution is 5.14. The number of hydrogen-bond acceptors (Lipinski definition) is 1. The molecule has 0 bridgehead atoms. The maximum absolute atomic E-state index is 3.64. The molecule has 1 nitrogen and oxygen atoms in total. The Morgan fingerprint density at radius 3 is 1.82 bits per heavy atom. The second-order valence-electron chi connectivity index (χ2n) is 1.71. The highest BCUT2D eigenvalue weighted by Crippen LogP contribution is 2.00. The normalized spacial score (nSPS) is 9.09. The molecule has 0 fully saturated rings. The van der Waals surface area contributed by atoms with Gasteiger partial charge in [0.15, 0.2) is 0 Å². The highest BCUT2D eigenvalue weighted by Gasteiger charge is 1.89. The average molecular weight is 151 g/mol. The van der Waals surface area contributed by atoms with Gasteiger partial charge in [-0.2, -0.15) is 0 Å². The molecule has 1 heteroatoms. The second-order valence-corrected chi connectivity index (χ2v) is 1.71. The number of likely N-dealkylation sites (N-methyl/N-ethyl adjacent to an activating group) is 1. The lowest BCUT2D eigenvalue weighted by Gasteiger charge is -2.12. The fourth-order valence-electron chi connectivity index (χ4n) is 0.571. The Bertz CT molecular complexity index is 145. The van der Waals surface area contributed by atoms with Gasteiger partial charge in [-0.3, -0.25) is 0 Å². The molecular weight excluding hydrogens is 134 g/mol. The van der Waals surface area contributed by atoms with Crippen molar-refractivity contribution in [2.75, 3.05) is 7.05 Å². The predicted molar refractivity (Wildman–Crippen MR) is 53.2 cm³/mol. The molecule has 11 heavy (non-hydrogen) atoms. The van der Waals surface area contributed by atoms with Gasteiger partial charge in [0.2, 0.25) is 0 Å². The van der Waals surface area contributed by atoms with E-state index in [2.05, 4.69) is 26.3 Å². The molecule has 0 amide bonds. The Balaban J connectivity index is 0. The van der Waals surface area contributed by atoms with E-state index in [1.165, 1.54) is 0 Å². The third-order valence-electron chi connectivity index (χ3n) is 1.19. The van der Waals surface area contributed by atoms with E-state index < -0.39 is 0 Å². The van der Waals surface area contributed by atoms with Crippen LogP contribution in [0.4, 0.5) is 0 Å². The Morgan fingerprint density at radius 2 is 1.73 bits per heavy atom. The van der Waals surface area contributed by atoms with Crippen LogP contribution in [-0.4, -0.2) is 11.9 Å². The van der Waals surface area contributed by atoms with Gasteiger partial charge < -0.3 is 4.90 Å². The van der Waals surface area contributed by atoms with Crippen molar-refractivity contribution in [3.8, 4) is 0 Å². The third-order valence-corrected chi connectivity index (χ3v) is 1.19. The van der Waals surface area contributed by atoms with Gasteiger partial charge >= 0.3 is 0 Å². The van der Waals surface area contributed by atoms with Crippen LogP contribution in [0.5, 0.6) is 0 Å². The molecule has 0 spiro atoms. The van der Waals surface area contributed by atoms with Crippen molar-refractivity contribution < 1.29 is 0 Å². The minimum absolute atomic E-state index is 1.07. The van der Waals surface area contributed by atoms with Crippen molar-refractivity contribution in [1.82, 2.24) is 4.90 Å². The van der Waals surface area contributed by atoms with E-state index in [0.717, 1.165) is 5.70 Å². The molecule has 0 aromatic heterocycles. The molecule has 0 saturated heterocycles. The molecule has 0 aromatic rings. The lowest BCUT2D eigenvalue weighted by Crippen LogP contribution is -2.06. The van der Waals surface area contributed by atoms with E-state index in [0.29, 0.717) is 0 Å². The van der Waals surface area contributed by atoms with Crippen molar-refractivity contribution in [1.29, 1.82) is 0 Å². The lowest BCUT2D eigenvalue weighted by atomic mass is 10.4. The van der Waals surface area contributed by atoms with Crippen LogP contribution < -0.4 is 0 Å². The van der Waals surface area contributed by atoms with Gasteiger partial charge in [0, 0.05) is 12.7 Å². The summed E-state index contributed by atoms with van der Waals surface area (Å²) >= 11 is 0. The van der Waals surface area contributed by atoms with E-state index in [4.69, 9.17) is 0 Å². The highest BCUT2D eigenvalue weighted by atomic mass is 15.1. The van der Waals surface area contributed by atoms with Crippen molar-refractivity contribution in [2.24, 2.45) is 0 Å². The van der Waals surface area contributed by atoms with E-state index in [-0.39, 0.29) is 0 Å². The molecule has 62 valence electrons. The first kappa shape index (κ1) is 12.4. The molecule has 0 saturated carbocycles. The Hall–Kier alpha value is -1.24. The first-order valence-electron chi connectivity index (χ1n) is 3.40. The third kappa shape index (κ3) is 5.22. The van der Waals surface area contributed by atoms with Crippen LogP contribution in [0, 0.1) is 0 Å². The van der Waals surface area contributed by atoms with Crippen LogP contribution in [0.3, 0.4) is 0 Å². The van der Waals surface area contributed by atoms with E-state index >= 15 is 0 Å². The summed E-state index contributed by atoms with van der Waals surface area (Å²) in [4.78, 5) is 1.91. The number of nitrogens with zero attached hydrogens (tertiary/aromatic N) is 1. The van der Waals surface area contributed by atoms with Gasteiger partial charge in [-0.05, 0) is 19.2 Å². The molecule has 0 aromatic carbocycles. The molecule has 0 rings (SSSR count). The van der Waals surface area contributed by atoms with Crippen LogP contribution in [0.15, 0.2) is 50.4 Å². The quantitative estimate of drug-likeness (QED) is 0.443. The van der Waals surface area contributed by atoms with Crippen molar-refractivity contribution >= 4 is 0 Å². The first-order chi connectivity index (χ1) is 5.26. The maximum atomic E-state index is 3.64. The maximum Gasteiger partial charge on any atom is 0.0353 e. The Morgan fingerprint density at radius 1 is 1.27 bits per heavy atom. The smallest absolute Gasteiger partial charge is 0.0353 e. The monoisotopic (exact) mass is 151 g/mol. The molecule has 0 aliphatic rings. The van der Waals surface area contributed by atoms with Gasteiger partial charge in [-0.25, -0.2) is 0 Å². The summed E-state index contributed by atoms with van der Waals surface area (Å²) in [7, 11) is 1.93. The summed E-state index contributed by atoms with van der Waals surface area (Å²) in [5, 5.41) is 0. The second kappa shape index (κ2) is 8.76. The summed E-state index contributed by atoms with van der Waals surface area (Å²) < 4.78 is 0. The molecular formula is C10H17N. The first-order valence-corrected chi connectivity index (χ1v) is 3.40. The predicted octanol–water partition coefficient (Wildman–Crippen LogP) is 2.95. The SMILES string of the molecule is C=C.C=C/C(=C/C)N(C)C=C. The fourth-order valence-corrected chi connectivity index (χ4v) is 0.571. The largest absolute Gasteiger partial charge is 0.352 e. The Labute approximate surface area is 70.0 Å². The van der Waals surface area contributed by atoms with Crippen molar-refractivity contribution in [2.45, 2.75) is 6.92 Å². The summed E-state index contributed by atoms with van der Waals surface area (Å²) in [6.07, 6.45) is 5.52. The Kier molecular flexibility index (Phi) is 9.90. The van der Waals surface area contributed by atoms with Crippen LogP contribution >= 0.6 is 0 Å². The number of hydrogen-bond donors (Lipinski definition) is 0. The zero-order valence-corrected chi connectivity index (χ0v) is 7.51. The van der Waals surface area contributed by atoms with E-state index in [1.807, 2.05) is 24.9 Å². The average Bonchev–Trinajstić information content (AvgIpc) is 2.10. The fraction of sp³-hybridized carbons (Fsp3) is 0.200. The van der Waals surface area contributed by atoms with E-state index in [1.54, 1.807) is 12.3 Å². The van der Waals surface area contributed by atoms with Crippen LogP contribution in [0.2, 0.25) is 0 Å². The van der Waals surface area contributed by atoms with Crippen molar-refractivity contribution in [3.05, 3.63) is 50.4 Å². The van der Waals surface area contributed by atoms with Crippen molar-refractivity contribution in [3.63, 3.8) is 0 Å². The molecule has 0 aliphatic carbocycles. The van der Waals surface area contributed by atoms with Gasteiger partial charge in [-0.1, -0.05) is 19.2 Å². The van der Waals surface area contributed by atoms with Gasteiger partial charge in [-0.15, -0.1) is 13.2 Å². The molecule has 0 N–H and O–H groups in total. The molecule has 0 atom stereocenters. The zero-order valence-electron chi connectivity index (χ0n) is 7.51. The zero-order chi connectivity index (χ0) is 9.28. The molecule has 0 heterocycles. The van der Waals surface area contributed by atoms with Gasteiger partial charge in [0.05, 0.1) is 0 Å². The minimum atomic E-state index is 1.07. The lowest BCUT2D eigenvalue weighted by molar-refractivity contribution is 0.590. The van der Waals surface area contributed by atoms with E-state index in [9.17, 15) is 0 Å². The topological polar surface area (TPSA) is 3.24 Å².